The fourth-order valence-electron chi connectivity index (χ4n) is 7.84. The van der Waals surface area contributed by atoms with Crippen LogP contribution in [0.15, 0.2) is 144 Å². The lowest BCUT2D eigenvalue weighted by Gasteiger charge is -2.28. The van der Waals surface area contributed by atoms with Gasteiger partial charge in [0.05, 0.1) is 38.7 Å². The maximum Gasteiger partial charge on any atom is 0.138 e. The number of hydrogen-bond donors (Lipinski definition) is 0. The first-order valence-electron chi connectivity index (χ1n) is 15.0. The van der Waals surface area contributed by atoms with Crippen LogP contribution in [-0.4, -0.2) is 13.8 Å². The normalized spacial score (nSPS) is 12.5. The highest BCUT2D eigenvalue weighted by Gasteiger charge is 2.28. The van der Waals surface area contributed by atoms with Crippen molar-refractivity contribution in [3.63, 3.8) is 0 Å². The molecule has 204 valence electrons. The van der Waals surface area contributed by atoms with Gasteiger partial charge in [-0.15, -0.1) is 0 Å². The minimum atomic E-state index is 0.895. The molecule has 11 rings (SSSR count). The molecule has 2 aromatic heterocycles. The lowest BCUT2D eigenvalue weighted by Crippen LogP contribution is -2.17. The van der Waals surface area contributed by atoms with E-state index in [9.17, 15) is 0 Å². The largest absolute Gasteiger partial charge is 0.456 e. The molecule has 44 heavy (non-hydrogen) atoms. The van der Waals surface area contributed by atoms with Gasteiger partial charge in [-0.05, 0) is 41.8 Å². The van der Waals surface area contributed by atoms with E-state index in [1.54, 1.807) is 0 Å². The van der Waals surface area contributed by atoms with E-state index in [4.69, 9.17) is 4.42 Å². The van der Waals surface area contributed by atoms with Crippen LogP contribution in [0.5, 0.6) is 0 Å². The Bertz CT molecular complexity index is 2930. The quantitative estimate of drug-likeness (QED) is 0.145. The molecule has 0 amide bonds. The third kappa shape index (κ3) is 2.61. The average Bonchev–Trinajstić information content (AvgIpc) is 3.63. The molecule has 0 atom stereocenters. The highest BCUT2D eigenvalue weighted by atomic mass is 16.3. The molecule has 0 saturated heterocycles. The number of furan rings is 1. The maximum absolute atomic E-state index is 6.67. The van der Waals surface area contributed by atoms with Crippen LogP contribution < -0.4 is 0 Å². The SMILES string of the molecule is c1ccc(-n2c3c4c(cc5oc6ccccc6c53)c3cccc5c6ccccc6n(c35)n-4c3ccc4ccccc4c32)cc1. The molecule has 9 aromatic rings. The van der Waals surface area contributed by atoms with Gasteiger partial charge in [-0.1, -0.05) is 103 Å². The molecule has 0 aliphatic carbocycles. The molecule has 4 heteroatoms. The highest BCUT2D eigenvalue weighted by Crippen LogP contribution is 2.47. The summed E-state index contributed by atoms with van der Waals surface area (Å²) in [4.78, 5) is 0. The van der Waals surface area contributed by atoms with Crippen LogP contribution in [0.2, 0.25) is 0 Å². The van der Waals surface area contributed by atoms with Crippen LogP contribution in [0.4, 0.5) is 0 Å². The van der Waals surface area contributed by atoms with Crippen LogP contribution >= 0.6 is 0 Å². The Morgan fingerprint density at radius 2 is 1.14 bits per heavy atom. The third-order valence-electron chi connectivity index (χ3n) is 9.56. The summed E-state index contributed by atoms with van der Waals surface area (Å²) in [5, 5.41) is 9.55. The number of aromatic nitrogens is 3. The number of rotatable bonds is 1. The molecule has 4 nitrogen and oxygen atoms in total. The summed E-state index contributed by atoms with van der Waals surface area (Å²) < 4.78 is 14.1. The van der Waals surface area contributed by atoms with E-state index in [2.05, 4.69) is 153 Å². The van der Waals surface area contributed by atoms with E-state index in [0.717, 1.165) is 49.9 Å². The maximum atomic E-state index is 6.67. The molecule has 0 fully saturated rings. The summed E-state index contributed by atoms with van der Waals surface area (Å²) in [6, 6.07) is 50.3. The van der Waals surface area contributed by atoms with Crippen molar-refractivity contribution in [1.29, 1.82) is 0 Å². The van der Waals surface area contributed by atoms with Gasteiger partial charge < -0.3 is 8.98 Å². The van der Waals surface area contributed by atoms with Crippen molar-refractivity contribution in [2.24, 2.45) is 0 Å². The van der Waals surface area contributed by atoms with Gasteiger partial charge in [0.1, 0.15) is 11.2 Å². The second kappa shape index (κ2) is 7.88. The Hall–Kier alpha value is -6.00. The van der Waals surface area contributed by atoms with Gasteiger partial charge >= 0.3 is 0 Å². The number of hydrogen-bond acceptors (Lipinski definition) is 1. The van der Waals surface area contributed by atoms with E-state index in [-0.39, 0.29) is 0 Å². The van der Waals surface area contributed by atoms with Crippen molar-refractivity contribution >= 4 is 81.8 Å². The minimum absolute atomic E-state index is 0.895. The van der Waals surface area contributed by atoms with Gasteiger partial charge in [0.25, 0.3) is 0 Å². The van der Waals surface area contributed by atoms with Crippen LogP contribution in [0.1, 0.15) is 0 Å². The first-order valence-corrected chi connectivity index (χ1v) is 15.0. The van der Waals surface area contributed by atoms with Crippen LogP contribution in [0.3, 0.4) is 0 Å². The Morgan fingerprint density at radius 3 is 2.02 bits per heavy atom. The monoisotopic (exact) mass is 561 g/mol. The van der Waals surface area contributed by atoms with Crippen LogP contribution in [0, 0.1) is 0 Å². The van der Waals surface area contributed by atoms with Gasteiger partial charge in [0.15, 0.2) is 0 Å². The number of benzene rings is 7. The Labute approximate surface area is 250 Å². The van der Waals surface area contributed by atoms with Gasteiger partial charge in [0, 0.05) is 38.0 Å². The molecule has 0 unspecified atom stereocenters. The molecule has 0 radical (unpaired) electrons. The molecular formula is C40H23N3O. The average molecular weight is 562 g/mol. The topological polar surface area (TPSA) is 27.4 Å². The number of nitrogens with zero attached hydrogens (tertiary/aromatic N) is 3. The number of para-hydroxylation sites is 4. The first-order chi connectivity index (χ1) is 21.9. The third-order valence-corrected chi connectivity index (χ3v) is 9.56. The van der Waals surface area contributed by atoms with E-state index in [1.807, 2.05) is 0 Å². The zero-order valence-corrected chi connectivity index (χ0v) is 23.5. The molecule has 0 bridgehead atoms. The Morgan fingerprint density at radius 1 is 0.432 bits per heavy atom. The molecular weight excluding hydrogens is 538 g/mol. The molecule has 0 spiro atoms. The van der Waals surface area contributed by atoms with Crippen molar-refractivity contribution in [2.45, 2.75) is 0 Å². The second-order valence-electron chi connectivity index (χ2n) is 11.8. The van der Waals surface area contributed by atoms with Crippen molar-refractivity contribution in [1.82, 2.24) is 13.8 Å². The second-order valence-corrected chi connectivity index (χ2v) is 11.8. The molecule has 4 heterocycles. The van der Waals surface area contributed by atoms with Gasteiger partial charge in [-0.2, -0.15) is 0 Å². The van der Waals surface area contributed by atoms with E-state index in [0.29, 0.717) is 0 Å². The van der Waals surface area contributed by atoms with Crippen molar-refractivity contribution < 1.29 is 4.42 Å². The zero-order valence-electron chi connectivity index (χ0n) is 23.5. The minimum Gasteiger partial charge on any atom is -0.456 e. The van der Waals surface area contributed by atoms with Crippen LogP contribution in [0.25, 0.3) is 93.2 Å². The van der Waals surface area contributed by atoms with Crippen LogP contribution in [-0.2, 0) is 0 Å². The van der Waals surface area contributed by atoms with Crippen molar-refractivity contribution in [3.8, 4) is 11.4 Å². The summed E-state index contributed by atoms with van der Waals surface area (Å²) >= 11 is 0. The number of fused-ring (bicyclic) bond motifs is 13. The standard InChI is InChI=1S/C40H23N3O/c1-2-12-25(13-3-1)41-38-26-14-5-4-11-24(26)21-22-33(38)43-39-31(23-35-36(40(39)41)30-16-7-9-20-34(30)44-35)29-18-10-17-28-27-15-6-8-19-32(27)42(43)37(28)29/h1-23H. The smallest absolute Gasteiger partial charge is 0.138 e. The summed E-state index contributed by atoms with van der Waals surface area (Å²) in [5.41, 5.74) is 9.92. The highest BCUT2D eigenvalue weighted by molar-refractivity contribution is 6.26. The molecule has 0 N–H and O–H groups in total. The predicted octanol–water partition coefficient (Wildman–Crippen LogP) is 10.6. The summed E-state index contributed by atoms with van der Waals surface area (Å²) in [5.74, 6) is 0. The summed E-state index contributed by atoms with van der Waals surface area (Å²) in [6.45, 7) is 0. The summed E-state index contributed by atoms with van der Waals surface area (Å²) in [6.07, 6.45) is 0. The predicted molar refractivity (Wildman–Crippen MR) is 182 cm³/mol. The van der Waals surface area contributed by atoms with Crippen molar-refractivity contribution in [3.05, 3.63) is 140 Å². The molecule has 2 aliphatic rings. The molecule has 0 saturated carbocycles. The molecule has 7 aromatic carbocycles. The van der Waals surface area contributed by atoms with E-state index < -0.39 is 0 Å². The lowest BCUT2D eigenvalue weighted by atomic mass is 9.99. The van der Waals surface area contributed by atoms with Gasteiger partial charge in [-0.3, -0.25) is 0 Å². The summed E-state index contributed by atoms with van der Waals surface area (Å²) in [7, 11) is 0. The molecule has 2 aliphatic heterocycles. The lowest BCUT2D eigenvalue weighted by molar-refractivity contribution is 0.669. The fraction of sp³-hybridized carbons (Fsp3) is 0. The van der Waals surface area contributed by atoms with Crippen molar-refractivity contribution in [2.75, 3.05) is 0 Å². The van der Waals surface area contributed by atoms with E-state index >= 15 is 0 Å². The zero-order chi connectivity index (χ0) is 28.5. The fourth-order valence-corrected chi connectivity index (χ4v) is 7.84. The van der Waals surface area contributed by atoms with E-state index in [1.165, 1.54) is 43.4 Å². The van der Waals surface area contributed by atoms with Gasteiger partial charge in [0.2, 0.25) is 0 Å². The Kier molecular flexibility index (Phi) is 4.04. The Balaban J connectivity index is 1.60. The van der Waals surface area contributed by atoms with Gasteiger partial charge in [-0.25, -0.2) is 9.20 Å². The first kappa shape index (κ1) is 22.6.